The summed E-state index contributed by atoms with van der Waals surface area (Å²) in [7, 11) is 0. The van der Waals surface area contributed by atoms with Crippen molar-refractivity contribution < 1.29 is 0 Å². The molecule has 0 aliphatic heterocycles. The molecular weight excluding hydrogens is 288 g/mol. The van der Waals surface area contributed by atoms with Gasteiger partial charge in [0.1, 0.15) is 0 Å². The molecule has 0 amide bonds. The van der Waals surface area contributed by atoms with Crippen molar-refractivity contribution in [3.8, 4) is 22.3 Å². The molecule has 0 atom stereocenters. The van der Waals surface area contributed by atoms with E-state index >= 15 is 0 Å². The van der Waals surface area contributed by atoms with Crippen LogP contribution in [-0.4, -0.2) is 0 Å². The van der Waals surface area contributed by atoms with Crippen LogP contribution in [0.25, 0.3) is 33.0 Å². The van der Waals surface area contributed by atoms with Crippen molar-refractivity contribution in [2.45, 2.75) is 13.3 Å². The lowest BCUT2D eigenvalue weighted by Gasteiger charge is -2.11. The SMILES string of the molecule is CCc1ccc(-c2ccc(-c3ccccc3)cc2)c2ccccc12. The van der Waals surface area contributed by atoms with E-state index in [-0.39, 0.29) is 0 Å². The fourth-order valence-corrected chi connectivity index (χ4v) is 3.39. The summed E-state index contributed by atoms with van der Waals surface area (Å²) >= 11 is 0. The van der Waals surface area contributed by atoms with Gasteiger partial charge in [-0.05, 0) is 45.0 Å². The van der Waals surface area contributed by atoms with Crippen molar-refractivity contribution in [1.82, 2.24) is 0 Å². The van der Waals surface area contributed by atoms with Crippen LogP contribution in [0.3, 0.4) is 0 Å². The number of aryl methyl sites for hydroxylation is 1. The highest BCUT2D eigenvalue weighted by Crippen LogP contribution is 2.32. The molecule has 0 aromatic heterocycles. The minimum absolute atomic E-state index is 1.06. The van der Waals surface area contributed by atoms with Gasteiger partial charge in [-0.25, -0.2) is 0 Å². The fraction of sp³-hybridized carbons (Fsp3) is 0.0833. The van der Waals surface area contributed by atoms with Crippen LogP contribution in [0.1, 0.15) is 12.5 Å². The molecule has 0 spiro atoms. The van der Waals surface area contributed by atoms with Crippen LogP contribution in [0.2, 0.25) is 0 Å². The van der Waals surface area contributed by atoms with Crippen LogP contribution in [0.4, 0.5) is 0 Å². The van der Waals surface area contributed by atoms with E-state index in [1.165, 1.54) is 38.6 Å². The van der Waals surface area contributed by atoms with Crippen LogP contribution in [0.15, 0.2) is 91.0 Å². The molecule has 0 fully saturated rings. The first-order chi connectivity index (χ1) is 11.9. The van der Waals surface area contributed by atoms with Gasteiger partial charge in [0.05, 0.1) is 0 Å². The van der Waals surface area contributed by atoms with Gasteiger partial charge >= 0.3 is 0 Å². The highest BCUT2D eigenvalue weighted by Gasteiger charge is 2.07. The summed E-state index contributed by atoms with van der Waals surface area (Å²) in [5.74, 6) is 0. The van der Waals surface area contributed by atoms with Gasteiger partial charge in [-0.2, -0.15) is 0 Å². The molecule has 4 aromatic carbocycles. The van der Waals surface area contributed by atoms with Crippen LogP contribution >= 0.6 is 0 Å². The zero-order valence-corrected chi connectivity index (χ0v) is 13.9. The fourth-order valence-electron chi connectivity index (χ4n) is 3.39. The summed E-state index contributed by atoms with van der Waals surface area (Å²) in [5, 5.41) is 2.70. The summed E-state index contributed by atoms with van der Waals surface area (Å²) in [6.07, 6.45) is 1.06. The second-order valence-electron chi connectivity index (χ2n) is 6.11. The van der Waals surface area contributed by atoms with Gasteiger partial charge in [0.15, 0.2) is 0 Å². The van der Waals surface area contributed by atoms with Crippen LogP contribution in [0.5, 0.6) is 0 Å². The lowest BCUT2D eigenvalue weighted by molar-refractivity contribution is 1.16. The predicted octanol–water partition coefficient (Wildman–Crippen LogP) is 6.74. The molecule has 0 nitrogen and oxygen atoms in total. The Balaban J connectivity index is 1.81. The first-order valence-corrected chi connectivity index (χ1v) is 8.53. The first-order valence-electron chi connectivity index (χ1n) is 8.53. The van der Waals surface area contributed by atoms with Crippen molar-refractivity contribution >= 4 is 10.8 Å². The van der Waals surface area contributed by atoms with Gasteiger partial charge in [-0.3, -0.25) is 0 Å². The molecule has 0 heterocycles. The van der Waals surface area contributed by atoms with Crippen molar-refractivity contribution in [2.75, 3.05) is 0 Å². The Bertz CT molecular complexity index is 964. The maximum Gasteiger partial charge on any atom is -0.0103 e. The zero-order valence-electron chi connectivity index (χ0n) is 13.9. The monoisotopic (exact) mass is 308 g/mol. The molecule has 0 aliphatic carbocycles. The summed E-state index contributed by atoms with van der Waals surface area (Å²) in [6, 6.07) is 32.7. The van der Waals surface area contributed by atoms with Crippen molar-refractivity contribution in [1.29, 1.82) is 0 Å². The van der Waals surface area contributed by atoms with E-state index in [9.17, 15) is 0 Å². The van der Waals surface area contributed by atoms with Crippen LogP contribution in [0, 0.1) is 0 Å². The number of rotatable bonds is 3. The van der Waals surface area contributed by atoms with Gasteiger partial charge < -0.3 is 0 Å². The Morgan fingerprint density at radius 1 is 0.500 bits per heavy atom. The van der Waals surface area contributed by atoms with E-state index in [1.54, 1.807) is 0 Å². The van der Waals surface area contributed by atoms with Gasteiger partial charge in [0.2, 0.25) is 0 Å². The van der Waals surface area contributed by atoms with Gasteiger partial charge in [-0.15, -0.1) is 0 Å². The molecular formula is C24H20. The highest BCUT2D eigenvalue weighted by atomic mass is 14.1. The average molecular weight is 308 g/mol. The van der Waals surface area contributed by atoms with Gasteiger partial charge in [-0.1, -0.05) is 97.9 Å². The maximum absolute atomic E-state index is 2.27. The van der Waals surface area contributed by atoms with Crippen molar-refractivity contribution in [2.24, 2.45) is 0 Å². The van der Waals surface area contributed by atoms with E-state index in [1.807, 2.05) is 0 Å². The number of hydrogen-bond acceptors (Lipinski definition) is 0. The molecule has 116 valence electrons. The van der Waals surface area contributed by atoms with Crippen molar-refractivity contribution in [3.05, 3.63) is 96.6 Å². The van der Waals surface area contributed by atoms with E-state index < -0.39 is 0 Å². The van der Waals surface area contributed by atoms with Crippen molar-refractivity contribution in [3.63, 3.8) is 0 Å². The Labute approximate surface area is 143 Å². The molecule has 0 saturated carbocycles. The third-order valence-corrected chi connectivity index (χ3v) is 4.70. The topological polar surface area (TPSA) is 0 Å². The predicted molar refractivity (Wildman–Crippen MR) is 104 cm³/mol. The molecule has 0 heteroatoms. The molecule has 0 N–H and O–H groups in total. The second kappa shape index (κ2) is 6.33. The summed E-state index contributed by atoms with van der Waals surface area (Å²) in [6.45, 7) is 2.22. The standard InChI is InChI=1S/C24H20/c1-2-18-16-17-23(24-11-7-6-10-22(18)24)21-14-12-20(13-15-21)19-8-4-3-5-9-19/h3-17H,2H2,1H3. The van der Waals surface area contributed by atoms with E-state index in [0.717, 1.165) is 6.42 Å². The third-order valence-electron chi connectivity index (χ3n) is 4.70. The third kappa shape index (κ3) is 2.61. The molecule has 24 heavy (non-hydrogen) atoms. The number of benzene rings is 4. The Morgan fingerprint density at radius 3 is 1.79 bits per heavy atom. The number of fused-ring (bicyclic) bond motifs is 1. The molecule has 4 aromatic rings. The molecule has 0 bridgehead atoms. The summed E-state index contributed by atoms with van der Waals surface area (Å²) in [4.78, 5) is 0. The van der Waals surface area contributed by atoms with E-state index in [2.05, 4.69) is 97.9 Å². The normalized spacial score (nSPS) is 10.9. The van der Waals surface area contributed by atoms with Gasteiger partial charge in [0.25, 0.3) is 0 Å². The Hall–Kier alpha value is -2.86. The van der Waals surface area contributed by atoms with Gasteiger partial charge in [0, 0.05) is 0 Å². The lowest BCUT2D eigenvalue weighted by atomic mass is 9.93. The molecule has 0 aliphatic rings. The quantitative estimate of drug-likeness (QED) is 0.393. The molecule has 4 rings (SSSR count). The number of hydrogen-bond donors (Lipinski definition) is 0. The molecule has 0 radical (unpaired) electrons. The van der Waals surface area contributed by atoms with Crippen LogP contribution in [-0.2, 0) is 6.42 Å². The Kier molecular flexibility index (Phi) is 3.88. The average Bonchev–Trinajstić information content (AvgIpc) is 2.68. The first kappa shape index (κ1) is 14.7. The zero-order chi connectivity index (χ0) is 16.4. The van der Waals surface area contributed by atoms with Crippen LogP contribution < -0.4 is 0 Å². The lowest BCUT2D eigenvalue weighted by Crippen LogP contribution is -1.87. The smallest absolute Gasteiger partial charge is 0.0103 e. The minimum Gasteiger partial charge on any atom is -0.0622 e. The molecule has 0 saturated heterocycles. The highest BCUT2D eigenvalue weighted by molar-refractivity contribution is 5.98. The minimum atomic E-state index is 1.06. The summed E-state index contributed by atoms with van der Waals surface area (Å²) in [5.41, 5.74) is 6.51. The molecule has 0 unspecified atom stereocenters. The van der Waals surface area contributed by atoms with E-state index in [4.69, 9.17) is 0 Å². The Morgan fingerprint density at radius 2 is 1.08 bits per heavy atom. The summed E-state index contributed by atoms with van der Waals surface area (Å²) < 4.78 is 0. The maximum atomic E-state index is 2.27. The second-order valence-corrected chi connectivity index (χ2v) is 6.11. The van der Waals surface area contributed by atoms with E-state index in [0.29, 0.717) is 0 Å². The largest absolute Gasteiger partial charge is 0.0622 e.